The van der Waals surface area contributed by atoms with Crippen LogP contribution in [0.15, 0.2) is 34.9 Å². The molecule has 0 bridgehead atoms. The van der Waals surface area contributed by atoms with Crippen LogP contribution in [0.1, 0.15) is 24.3 Å². The van der Waals surface area contributed by atoms with Gasteiger partial charge in [-0.15, -0.1) is 0 Å². The van der Waals surface area contributed by atoms with E-state index >= 15 is 0 Å². The number of benzene rings is 1. The third-order valence-corrected chi connectivity index (χ3v) is 5.15. The van der Waals surface area contributed by atoms with E-state index in [1.807, 2.05) is 24.3 Å². The summed E-state index contributed by atoms with van der Waals surface area (Å²) in [5, 5.41) is 6.88. The number of nitrogens with one attached hydrogen (secondary N) is 1. The van der Waals surface area contributed by atoms with Crippen molar-refractivity contribution in [2.75, 3.05) is 46.4 Å². The number of nitrogens with zero attached hydrogens (tertiary/aromatic N) is 3. The number of piperazine rings is 1. The van der Waals surface area contributed by atoms with Crippen LogP contribution < -0.4 is 10.1 Å². The highest BCUT2D eigenvalue weighted by Crippen LogP contribution is 2.23. The number of ether oxygens (including phenoxy) is 1. The van der Waals surface area contributed by atoms with Gasteiger partial charge in [-0.05, 0) is 37.7 Å². The van der Waals surface area contributed by atoms with Crippen LogP contribution in [-0.4, -0.2) is 73.3 Å². The van der Waals surface area contributed by atoms with Gasteiger partial charge in [0.25, 0.3) is 5.91 Å². The van der Waals surface area contributed by atoms with Crippen molar-refractivity contribution in [1.82, 2.24) is 20.3 Å². The van der Waals surface area contributed by atoms with Crippen molar-refractivity contribution in [3.63, 3.8) is 0 Å². The average Bonchev–Trinajstić information content (AvgIpc) is 3.22. The molecule has 7 heteroatoms. The summed E-state index contributed by atoms with van der Waals surface area (Å²) in [5.74, 6) is 1.12. The zero-order valence-corrected chi connectivity index (χ0v) is 16.3. The zero-order valence-electron chi connectivity index (χ0n) is 16.3. The summed E-state index contributed by atoms with van der Waals surface area (Å²) in [4.78, 5) is 17.3. The molecule has 2 heterocycles. The number of amides is 1. The van der Waals surface area contributed by atoms with Crippen LogP contribution in [0.5, 0.6) is 5.75 Å². The lowest BCUT2D eigenvalue weighted by Crippen LogP contribution is -2.52. The molecule has 1 aromatic heterocycles. The van der Waals surface area contributed by atoms with Gasteiger partial charge in [-0.3, -0.25) is 9.69 Å². The maximum absolute atomic E-state index is 12.4. The molecule has 1 aromatic carbocycles. The minimum atomic E-state index is -0.211. The Labute approximate surface area is 160 Å². The van der Waals surface area contributed by atoms with Crippen molar-refractivity contribution >= 4 is 5.91 Å². The van der Waals surface area contributed by atoms with Crippen molar-refractivity contribution < 1.29 is 14.1 Å². The average molecular weight is 372 g/mol. The van der Waals surface area contributed by atoms with E-state index in [9.17, 15) is 4.79 Å². The molecule has 7 nitrogen and oxygen atoms in total. The molecule has 1 fully saturated rings. The van der Waals surface area contributed by atoms with E-state index in [2.05, 4.69) is 34.1 Å². The van der Waals surface area contributed by atoms with Crippen molar-refractivity contribution in [1.29, 1.82) is 0 Å². The van der Waals surface area contributed by atoms with Crippen LogP contribution in [0.4, 0.5) is 0 Å². The predicted octanol–water partition coefficient (Wildman–Crippen LogP) is 2.11. The maximum atomic E-state index is 12.4. The fourth-order valence-electron chi connectivity index (χ4n) is 3.25. The number of hydrogen-bond acceptors (Lipinski definition) is 6. The Balaban J connectivity index is 1.52. The van der Waals surface area contributed by atoms with Gasteiger partial charge in [0.2, 0.25) is 0 Å². The normalized spacial score (nSPS) is 16.9. The first kappa shape index (κ1) is 19.4. The lowest BCUT2D eigenvalue weighted by molar-refractivity contribution is 0.0876. The van der Waals surface area contributed by atoms with Gasteiger partial charge in [0.05, 0.1) is 7.11 Å². The van der Waals surface area contributed by atoms with Crippen molar-refractivity contribution in [3.8, 4) is 17.1 Å². The first-order valence-corrected chi connectivity index (χ1v) is 9.46. The van der Waals surface area contributed by atoms with Crippen molar-refractivity contribution in [3.05, 3.63) is 36.0 Å². The summed E-state index contributed by atoms with van der Waals surface area (Å²) in [6.45, 7) is 10.3. The van der Waals surface area contributed by atoms with Crippen LogP contribution in [0, 0.1) is 0 Å². The first-order chi connectivity index (χ1) is 13.1. The molecule has 1 aliphatic heterocycles. The fraction of sp³-hybridized carbons (Fsp3) is 0.500. The smallest absolute Gasteiger partial charge is 0.273 e. The Bertz CT molecular complexity index is 736. The molecule has 0 unspecified atom stereocenters. The Morgan fingerprint density at radius 1 is 1.26 bits per heavy atom. The Kier molecular flexibility index (Phi) is 6.47. The number of aromatic nitrogens is 1. The molecule has 0 aliphatic carbocycles. The van der Waals surface area contributed by atoms with E-state index in [4.69, 9.17) is 9.26 Å². The predicted molar refractivity (Wildman–Crippen MR) is 104 cm³/mol. The lowest BCUT2D eigenvalue weighted by atomic mass is 10.1. The molecular formula is C20H28N4O3. The lowest BCUT2D eigenvalue weighted by Gasteiger charge is -2.37. The fourth-order valence-corrected chi connectivity index (χ4v) is 3.25. The van der Waals surface area contributed by atoms with Crippen LogP contribution in [-0.2, 0) is 0 Å². The molecular weight excluding hydrogens is 344 g/mol. The van der Waals surface area contributed by atoms with Gasteiger partial charge in [-0.25, -0.2) is 0 Å². The summed E-state index contributed by atoms with van der Waals surface area (Å²) in [7, 11) is 1.62. The summed E-state index contributed by atoms with van der Waals surface area (Å²) in [5.41, 5.74) is 1.15. The van der Waals surface area contributed by atoms with E-state index < -0.39 is 0 Å². The summed E-state index contributed by atoms with van der Waals surface area (Å²) >= 11 is 0. The monoisotopic (exact) mass is 372 g/mol. The largest absolute Gasteiger partial charge is 0.497 e. The number of hydrogen-bond donors (Lipinski definition) is 1. The van der Waals surface area contributed by atoms with E-state index in [0.717, 1.165) is 44.0 Å². The number of rotatable bonds is 7. The quantitative estimate of drug-likeness (QED) is 0.803. The topological polar surface area (TPSA) is 70.8 Å². The number of carbonyl (C=O) groups is 1. The SMILES string of the molecule is CCN1CCN([C@H](C)CNC(=O)c2cc(-c3ccc(OC)cc3)on2)CC1. The first-order valence-electron chi connectivity index (χ1n) is 9.46. The Morgan fingerprint density at radius 2 is 1.96 bits per heavy atom. The van der Waals surface area contributed by atoms with Crippen LogP contribution >= 0.6 is 0 Å². The van der Waals surface area contributed by atoms with E-state index in [0.29, 0.717) is 24.0 Å². The second-order valence-corrected chi connectivity index (χ2v) is 6.83. The second-order valence-electron chi connectivity index (χ2n) is 6.83. The molecule has 3 rings (SSSR count). The molecule has 27 heavy (non-hydrogen) atoms. The minimum Gasteiger partial charge on any atom is -0.497 e. The molecule has 1 amide bonds. The van der Waals surface area contributed by atoms with Crippen LogP contribution in [0.25, 0.3) is 11.3 Å². The van der Waals surface area contributed by atoms with E-state index in [1.165, 1.54) is 0 Å². The Hall–Kier alpha value is -2.38. The van der Waals surface area contributed by atoms with Gasteiger partial charge in [-0.2, -0.15) is 0 Å². The standard InChI is InChI=1S/C20H28N4O3/c1-4-23-9-11-24(12-10-23)15(2)14-21-20(25)18-13-19(27-22-18)16-5-7-17(26-3)8-6-16/h5-8,13,15H,4,9-12,14H2,1-3H3,(H,21,25)/t15-/m1/s1. The highest BCUT2D eigenvalue weighted by Gasteiger charge is 2.21. The molecule has 0 radical (unpaired) electrons. The van der Waals surface area contributed by atoms with E-state index in [1.54, 1.807) is 13.2 Å². The molecule has 1 N–H and O–H groups in total. The summed E-state index contributed by atoms with van der Waals surface area (Å²) < 4.78 is 10.5. The molecule has 146 valence electrons. The molecule has 1 saturated heterocycles. The number of carbonyl (C=O) groups excluding carboxylic acids is 1. The Morgan fingerprint density at radius 3 is 2.59 bits per heavy atom. The van der Waals surface area contributed by atoms with Gasteiger partial charge in [-0.1, -0.05) is 12.1 Å². The molecule has 0 saturated carbocycles. The van der Waals surface area contributed by atoms with Gasteiger partial charge in [0, 0.05) is 50.4 Å². The van der Waals surface area contributed by atoms with E-state index in [-0.39, 0.29) is 5.91 Å². The van der Waals surface area contributed by atoms with Gasteiger partial charge in [0.1, 0.15) is 5.75 Å². The maximum Gasteiger partial charge on any atom is 0.273 e. The zero-order chi connectivity index (χ0) is 19.2. The third kappa shape index (κ3) is 4.87. The van der Waals surface area contributed by atoms with Gasteiger partial charge in [0.15, 0.2) is 11.5 Å². The second kappa shape index (κ2) is 9.01. The molecule has 1 atom stereocenters. The molecule has 2 aromatic rings. The molecule has 1 aliphatic rings. The molecule has 0 spiro atoms. The highest BCUT2D eigenvalue weighted by atomic mass is 16.5. The van der Waals surface area contributed by atoms with Gasteiger partial charge >= 0.3 is 0 Å². The number of likely N-dealkylation sites (N-methyl/N-ethyl adjacent to an activating group) is 1. The van der Waals surface area contributed by atoms with Crippen LogP contribution in [0.2, 0.25) is 0 Å². The highest BCUT2D eigenvalue weighted by molar-refractivity contribution is 5.93. The van der Waals surface area contributed by atoms with Crippen LogP contribution in [0.3, 0.4) is 0 Å². The van der Waals surface area contributed by atoms with Crippen molar-refractivity contribution in [2.45, 2.75) is 19.9 Å². The summed E-state index contributed by atoms with van der Waals surface area (Å²) in [6, 6.07) is 9.40. The summed E-state index contributed by atoms with van der Waals surface area (Å²) in [6.07, 6.45) is 0. The van der Waals surface area contributed by atoms with Crippen molar-refractivity contribution in [2.24, 2.45) is 0 Å². The number of methoxy groups -OCH3 is 1. The van der Waals surface area contributed by atoms with Gasteiger partial charge < -0.3 is 19.5 Å². The minimum absolute atomic E-state index is 0.211. The third-order valence-electron chi connectivity index (χ3n) is 5.15.